The minimum absolute atomic E-state index is 0.298. The van der Waals surface area contributed by atoms with Crippen molar-refractivity contribution in [1.29, 1.82) is 0 Å². The fourth-order valence-corrected chi connectivity index (χ4v) is 4.53. The van der Waals surface area contributed by atoms with Gasteiger partial charge in [-0.05, 0) is 37.5 Å². The van der Waals surface area contributed by atoms with Crippen molar-refractivity contribution in [3.8, 4) is 0 Å². The maximum atomic E-state index is 13.2. The third-order valence-corrected chi connectivity index (χ3v) is 5.64. The Bertz CT molecular complexity index is 818. The molecule has 0 N–H and O–H groups in total. The van der Waals surface area contributed by atoms with E-state index in [0.29, 0.717) is 31.0 Å². The lowest BCUT2D eigenvalue weighted by molar-refractivity contribution is 0.212. The molecule has 0 amide bonds. The van der Waals surface area contributed by atoms with Crippen molar-refractivity contribution >= 4 is 10.0 Å². The van der Waals surface area contributed by atoms with Gasteiger partial charge in [0.2, 0.25) is 15.9 Å². The average Bonchev–Trinajstić information content (AvgIpc) is 3.06. The van der Waals surface area contributed by atoms with Gasteiger partial charge in [0, 0.05) is 13.0 Å². The lowest BCUT2D eigenvalue weighted by atomic mass is 10.0. The molecule has 3 rings (SSSR count). The first-order valence-corrected chi connectivity index (χ1v) is 9.31. The first-order valence-electron chi connectivity index (χ1n) is 7.46. The molecule has 1 aromatic heterocycles. The summed E-state index contributed by atoms with van der Waals surface area (Å²) in [7, 11) is -3.33. The number of halogens is 1. The molecule has 1 atom stereocenters. The zero-order chi connectivity index (χ0) is 16.7. The van der Waals surface area contributed by atoms with Crippen LogP contribution < -0.4 is 0 Å². The Morgan fingerprint density at radius 2 is 2.22 bits per heavy atom. The lowest BCUT2D eigenvalue weighted by Gasteiger charge is -2.30. The molecule has 0 unspecified atom stereocenters. The van der Waals surface area contributed by atoms with Crippen LogP contribution in [0.4, 0.5) is 4.39 Å². The fraction of sp³-hybridized carbons (Fsp3) is 0.438. The van der Waals surface area contributed by atoms with E-state index < -0.39 is 15.6 Å². The monoisotopic (exact) mass is 338 g/mol. The predicted octanol–water partition coefficient (Wildman–Crippen LogP) is 2.68. The van der Waals surface area contributed by atoms with Gasteiger partial charge in [-0.2, -0.15) is 4.31 Å². The normalized spacial score (nSPS) is 22.6. The summed E-state index contributed by atoms with van der Waals surface area (Å²) < 4.78 is 44.4. The third kappa shape index (κ3) is 3.16. The van der Waals surface area contributed by atoms with Crippen LogP contribution in [0.25, 0.3) is 0 Å². The molecule has 2 heterocycles. The van der Waals surface area contributed by atoms with Crippen LogP contribution in [-0.4, -0.2) is 30.5 Å². The molecule has 2 aromatic rings. The number of rotatable bonds is 4. The summed E-state index contributed by atoms with van der Waals surface area (Å²) in [6.45, 7) is 2.30. The molecule has 5 nitrogen and oxygen atoms in total. The molecule has 0 aliphatic carbocycles. The summed E-state index contributed by atoms with van der Waals surface area (Å²) in [5.74, 6) is 0.687. The number of hydrogen-bond donors (Lipinski definition) is 0. The van der Waals surface area contributed by atoms with Crippen LogP contribution in [-0.2, 0) is 22.0 Å². The first-order chi connectivity index (χ1) is 10.8. The van der Waals surface area contributed by atoms with Gasteiger partial charge in [-0.15, -0.1) is 0 Å². The van der Waals surface area contributed by atoms with E-state index in [1.54, 1.807) is 12.3 Å². The molecular formula is C16H19FN2O3S. The van der Waals surface area contributed by atoms with Crippen LogP contribution in [0.5, 0.6) is 0 Å². The van der Waals surface area contributed by atoms with Crippen LogP contribution in [0.3, 0.4) is 0 Å². The molecule has 1 fully saturated rings. The molecule has 0 spiro atoms. The Hall–Kier alpha value is -1.73. The van der Waals surface area contributed by atoms with E-state index in [9.17, 15) is 12.8 Å². The molecule has 0 radical (unpaired) electrons. The second kappa shape index (κ2) is 5.72. The summed E-state index contributed by atoms with van der Waals surface area (Å²) in [5, 5.41) is 0. The highest BCUT2D eigenvalue weighted by Crippen LogP contribution is 2.39. The quantitative estimate of drug-likeness (QED) is 0.860. The van der Waals surface area contributed by atoms with Crippen LogP contribution >= 0.6 is 0 Å². The van der Waals surface area contributed by atoms with E-state index in [2.05, 4.69) is 4.98 Å². The van der Waals surface area contributed by atoms with Gasteiger partial charge in [0.05, 0.1) is 12.5 Å². The molecule has 23 heavy (non-hydrogen) atoms. The van der Waals surface area contributed by atoms with E-state index in [1.165, 1.54) is 22.7 Å². The molecule has 7 heteroatoms. The van der Waals surface area contributed by atoms with Gasteiger partial charge in [-0.3, -0.25) is 0 Å². The Morgan fingerprint density at radius 3 is 2.91 bits per heavy atom. The summed E-state index contributed by atoms with van der Waals surface area (Å²) >= 11 is 0. The number of benzene rings is 1. The molecule has 1 saturated heterocycles. The van der Waals surface area contributed by atoms with Crippen molar-refractivity contribution < 1.29 is 17.2 Å². The molecule has 1 aliphatic rings. The average molecular weight is 338 g/mol. The van der Waals surface area contributed by atoms with Crippen LogP contribution in [0.15, 0.2) is 34.9 Å². The van der Waals surface area contributed by atoms with Gasteiger partial charge in [-0.25, -0.2) is 17.8 Å². The third-order valence-electron chi connectivity index (χ3n) is 4.26. The van der Waals surface area contributed by atoms with Gasteiger partial charge in [-0.1, -0.05) is 12.1 Å². The molecule has 124 valence electrons. The van der Waals surface area contributed by atoms with Gasteiger partial charge < -0.3 is 4.42 Å². The Kier molecular flexibility index (Phi) is 4.01. The topological polar surface area (TPSA) is 63.4 Å². The standard InChI is InChI=1S/C16H19FN2O3S/c1-16(7-4-8-19(16)23(2,20)21)15-18-11-14(22-15)10-12-5-3-6-13(17)9-12/h3,5-6,9,11H,4,7-8,10H2,1-2H3/t16-/m1/s1. The highest BCUT2D eigenvalue weighted by molar-refractivity contribution is 7.88. The van der Waals surface area contributed by atoms with Crippen molar-refractivity contribution in [3.63, 3.8) is 0 Å². The Balaban J connectivity index is 1.86. The zero-order valence-electron chi connectivity index (χ0n) is 13.1. The summed E-state index contributed by atoms with van der Waals surface area (Å²) in [5.41, 5.74) is 0.0255. The van der Waals surface area contributed by atoms with Gasteiger partial charge in [0.15, 0.2) is 0 Å². The van der Waals surface area contributed by atoms with E-state index in [4.69, 9.17) is 4.42 Å². The van der Waals surface area contributed by atoms with Crippen molar-refractivity contribution in [2.75, 3.05) is 12.8 Å². The van der Waals surface area contributed by atoms with Gasteiger partial charge in [0.1, 0.15) is 17.1 Å². The second-order valence-electron chi connectivity index (χ2n) is 6.15. The molecule has 1 aromatic carbocycles. The number of oxazole rings is 1. The van der Waals surface area contributed by atoms with Gasteiger partial charge >= 0.3 is 0 Å². The summed E-state index contributed by atoms with van der Waals surface area (Å²) in [6, 6.07) is 6.29. The number of hydrogen-bond acceptors (Lipinski definition) is 4. The summed E-state index contributed by atoms with van der Waals surface area (Å²) in [6.07, 6.45) is 4.64. The smallest absolute Gasteiger partial charge is 0.215 e. The fourth-order valence-electron chi connectivity index (χ4n) is 3.17. The minimum atomic E-state index is -3.33. The Morgan fingerprint density at radius 1 is 1.43 bits per heavy atom. The van der Waals surface area contributed by atoms with Crippen LogP contribution in [0.2, 0.25) is 0 Å². The van der Waals surface area contributed by atoms with Crippen molar-refractivity contribution in [2.45, 2.75) is 31.7 Å². The molecule has 0 saturated carbocycles. The van der Waals surface area contributed by atoms with E-state index in [0.717, 1.165) is 12.0 Å². The predicted molar refractivity (Wildman–Crippen MR) is 83.8 cm³/mol. The number of sulfonamides is 1. The van der Waals surface area contributed by atoms with E-state index in [1.807, 2.05) is 13.0 Å². The molecule has 0 bridgehead atoms. The minimum Gasteiger partial charge on any atom is -0.443 e. The highest BCUT2D eigenvalue weighted by Gasteiger charge is 2.46. The van der Waals surface area contributed by atoms with Crippen molar-refractivity contribution in [2.24, 2.45) is 0 Å². The summed E-state index contributed by atoms with van der Waals surface area (Å²) in [4.78, 5) is 4.29. The van der Waals surface area contributed by atoms with E-state index >= 15 is 0 Å². The number of nitrogens with zero attached hydrogens (tertiary/aromatic N) is 2. The highest BCUT2D eigenvalue weighted by atomic mass is 32.2. The van der Waals surface area contributed by atoms with Crippen molar-refractivity contribution in [1.82, 2.24) is 9.29 Å². The SMILES string of the molecule is C[C@]1(c2ncc(Cc3cccc(F)c3)o2)CCCN1S(C)(=O)=O. The maximum Gasteiger partial charge on any atom is 0.215 e. The molecular weight excluding hydrogens is 319 g/mol. The van der Waals surface area contributed by atoms with Crippen molar-refractivity contribution in [3.05, 3.63) is 53.5 Å². The Labute approximate surface area is 135 Å². The number of aromatic nitrogens is 1. The maximum absolute atomic E-state index is 13.2. The largest absolute Gasteiger partial charge is 0.443 e. The van der Waals surface area contributed by atoms with Gasteiger partial charge in [0.25, 0.3) is 0 Å². The lowest BCUT2D eigenvalue weighted by Crippen LogP contribution is -2.42. The van der Waals surface area contributed by atoms with Crippen LogP contribution in [0.1, 0.15) is 37.0 Å². The molecule has 1 aliphatic heterocycles. The zero-order valence-corrected chi connectivity index (χ0v) is 13.9. The van der Waals surface area contributed by atoms with Crippen LogP contribution in [0, 0.1) is 5.82 Å². The first kappa shape index (κ1) is 16.1. The second-order valence-corrected chi connectivity index (χ2v) is 8.06. The van der Waals surface area contributed by atoms with E-state index in [-0.39, 0.29) is 5.82 Å².